The Bertz CT molecular complexity index is 1250. The molecule has 0 aliphatic heterocycles. The molecule has 124 valence electrons. The zero-order valence-electron chi connectivity index (χ0n) is 13.6. The zero-order valence-corrected chi connectivity index (χ0v) is 16.8. The highest BCUT2D eigenvalue weighted by Crippen LogP contribution is 2.43. The summed E-state index contributed by atoms with van der Waals surface area (Å²) < 4.78 is 2.74. The molecule has 0 atom stereocenters. The molecule has 0 spiro atoms. The van der Waals surface area contributed by atoms with Crippen molar-refractivity contribution in [3.63, 3.8) is 0 Å². The summed E-state index contributed by atoms with van der Waals surface area (Å²) in [6.07, 6.45) is 0. The average molecular weight is 405 g/mol. The molecule has 4 heterocycles. The third-order valence-electron chi connectivity index (χ3n) is 4.72. The number of rotatable bonds is 2. The van der Waals surface area contributed by atoms with Gasteiger partial charge in [-0.25, -0.2) is 0 Å². The predicted octanol–water partition coefficient (Wildman–Crippen LogP) is 8.73. The third-order valence-corrected chi connectivity index (χ3v) is 9.05. The summed E-state index contributed by atoms with van der Waals surface area (Å²) in [6, 6.07) is 22.6. The van der Waals surface area contributed by atoms with Crippen LogP contribution in [0, 0.1) is 0 Å². The van der Waals surface area contributed by atoms with Crippen molar-refractivity contribution in [3.8, 4) is 19.5 Å². The molecule has 0 nitrogen and oxygen atoms in total. The van der Waals surface area contributed by atoms with E-state index in [4.69, 9.17) is 0 Å². The van der Waals surface area contributed by atoms with Crippen LogP contribution in [0.1, 0.15) is 0 Å². The van der Waals surface area contributed by atoms with E-state index in [-0.39, 0.29) is 0 Å². The minimum Gasteiger partial charge on any atom is -0.143 e. The van der Waals surface area contributed by atoms with Gasteiger partial charge in [0.15, 0.2) is 0 Å². The Balaban J connectivity index is 1.63. The molecular formula is C22H12S4. The smallest absolute Gasteiger partial charge is 0.0455 e. The van der Waals surface area contributed by atoms with Gasteiger partial charge in [-0.05, 0) is 57.9 Å². The van der Waals surface area contributed by atoms with E-state index in [1.54, 1.807) is 0 Å². The lowest BCUT2D eigenvalue weighted by Gasteiger charge is -2.01. The van der Waals surface area contributed by atoms with Crippen molar-refractivity contribution in [1.29, 1.82) is 0 Å². The van der Waals surface area contributed by atoms with Crippen LogP contribution in [0.5, 0.6) is 0 Å². The topological polar surface area (TPSA) is 0 Å². The molecule has 0 unspecified atom stereocenters. The Kier molecular flexibility index (Phi) is 3.35. The van der Waals surface area contributed by atoms with E-state index in [1.807, 2.05) is 45.3 Å². The summed E-state index contributed by atoms with van der Waals surface area (Å²) in [5, 5.41) is 9.79. The highest BCUT2D eigenvalue weighted by atomic mass is 32.1. The summed E-state index contributed by atoms with van der Waals surface area (Å²) in [4.78, 5) is 5.45. The summed E-state index contributed by atoms with van der Waals surface area (Å²) in [7, 11) is 0. The third kappa shape index (κ3) is 2.23. The highest BCUT2D eigenvalue weighted by molar-refractivity contribution is 7.26. The monoisotopic (exact) mass is 404 g/mol. The molecule has 0 saturated carbocycles. The van der Waals surface area contributed by atoms with E-state index in [9.17, 15) is 0 Å². The standard InChI is InChI=1S/C22H12S4/c1-3-19(23-9-1)21-11-15-13-6-8-18-16(14(13)5-7-17(15)25-21)12-22(26-18)20-4-2-10-24-20/h1-12H. The van der Waals surface area contributed by atoms with Crippen LogP contribution in [-0.4, -0.2) is 0 Å². The van der Waals surface area contributed by atoms with Gasteiger partial charge < -0.3 is 0 Å². The molecule has 0 radical (unpaired) electrons. The van der Waals surface area contributed by atoms with Crippen LogP contribution in [-0.2, 0) is 0 Å². The Morgan fingerprint density at radius 2 is 0.962 bits per heavy atom. The molecule has 4 heteroatoms. The van der Waals surface area contributed by atoms with Crippen LogP contribution >= 0.6 is 45.3 Å². The molecule has 4 aromatic heterocycles. The Hall–Kier alpha value is -1.98. The van der Waals surface area contributed by atoms with Crippen molar-refractivity contribution >= 4 is 76.3 Å². The van der Waals surface area contributed by atoms with Crippen molar-refractivity contribution in [2.24, 2.45) is 0 Å². The van der Waals surface area contributed by atoms with Crippen LogP contribution < -0.4 is 0 Å². The van der Waals surface area contributed by atoms with Crippen LogP contribution in [0.15, 0.2) is 71.4 Å². The fourth-order valence-corrected chi connectivity index (χ4v) is 7.33. The molecule has 26 heavy (non-hydrogen) atoms. The van der Waals surface area contributed by atoms with Gasteiger partial charge >= 0.3 is 0 Å². The SMILES string of the molecule is c1csc(-c2cc3c(ccc4c5cc(-c6cccs6)sc5ccc34)s2)c1. The van der Waals surface area contributed by atoms with Gasteiger partial charge in [0.25, 0.3) is 0 Å². The maximum Gasteiger partial charge on any atom is 0.0455 e. The fraction of sp³-hybridized carbons (Fsp3) is 0. The van der Waals surface area contributed by atoms with Gasteiger partial charge in [0, 0.05) is 39.7 Å². The second-order valence-corrected chi connectivity index (χ2v) is 10.3. The van der Waals surface area contributed by atoms with Gasteiger partial charge in [0.2, 0.25) is 0 Å². The largest absolute Gasteiger partial charge is 0.143 e. The number of fused-ring (bicyclic) bond motifs is 5. The van der Waals surface area contributed by atoms with Crippen molar-refractivity contribution in [3.05, 3.63) is 71.4 Å². The van der Waals surface area contributed by atoms with Crippen molar-refractivity contribution in [1.82, 2.24) is 0 Å². The Labute approximate surface area is 166 Å². The fourth-order valence-electron chi connectivity index (χ4n) is 3.53. The number of hydrogen-bond acceptors (Lipinski definition) is 4. The number of thiophene rings is 4. The predicted molar refractivity (Wildman–Crippen MR) is 121 cm³/mol. The van der Waals surface area contributed by atoms with E-state index in [0.717, 1.165) is 0 Å². The van der Waals surface area contributed by atoms with Crippen LogP contribution in [0.3, 0.4) is 0 Å². The van der Waals surface area contributed by atoms with Gasteiger partial charge in [-0.1, -0.05) is 24.3 Å². The van der Waals surface area contributed by atoms with E-state index in [1.165, 1.54) is 50.5 Å². The minimum atomic E-state index is 1.36. The molecule has 0 aliphatic rings. The Morgan fingerprint density at radius 1 is 0.462 bits per heavy atom. The molecule has 2 aromatic carbocycles. The number of benzene rings is 2. The summed E-state index contributed by atoms with van der Waals surface area (Å²) in [6.45, 7) is 0. The minimum absolute atomic E-state index is 1.36. The molecule has 0 fully saturated rings. The van der Waals surface area contributed by atoms with E-state index >= 15 is 0 Å². The maximum absolute atomic E-state index is 2.37. The number of hydrogen-bond donors (Lipinski definition) is 0. The molecular weight excluding hydrogens is 393 g/mol. The van der Waals surface area contributed by atoms with E-state index in [0.29, 0.717) is 0 Å². The zero-order chi connectivity index (χ0) is 17.1. The van der Waals surface area contributed by atoms with Crippen LogP contribution in [0.2, 0.25) is 0 Å². The maximum atomic E-state index is 2.37. The first-order valence-electron chi connectivity index (χ1n) is 8.33. The molecule has 6 aromatic rings. The van der Waals surface area contributed by atoms with Gasteiger partial charge in [0.1, 0.15) is 0 Å². The normalized spacial score (nSPS) is 11.8. The Morgan fingerprint density at radius 3 is 1.38 bits per heavy atom. The van der Waals surface area contributed by atoms with Gasteiger partial charge in [-0.15, -0.1) is 45.3 Å². The molecule has 6 rings (SSSR count). The first-order chi connectivity index (χ1) is 12.9. The lowest BCUT2D eigenvalue weighted by Crippen LogP contribution is -1.74. The first kappa shape index (κ1) is 15.1. The molecule has 0 amide bonds. The second kappa shape index (κ2) is 5.76. The van der Waals surface area contributed by atoms with Crippen molar-refractivity contribution < 1.29 is 0 Å². The molecule has 0 bridgehead atoms. The highest BCUT2D eigenvalue weighted by Gasteiger charge is 2.12. The van der Waals surface area contributed by atoms with Crippen LogP contribution in [0.25, 0.3) is 50.5 Å². The van der Waals surface area contributed by atoms with Crippen molar-refractivity contribution in [2.75, 3.05) is 0 Å². The summed E-state index contributed by atoms with van der Waals surface area (Å²) in [5.74, 6) is 0. The van der Waals surface area contributed by atoms with Gasteiger partial charge in [0.05, 0.1) is 0 Å². The molecule has 0 saturated heterocycles. The van der Waals surface area contributed by atoms with Gasteiger partial charge in [-0.2, -0.15) is 0 Å². The van der Waals surface area contributed by atoms with E-state index < -0.39 is 0 Å². The summed E-state index contributed by atoms with van der Waals surface area (Å²) >= 11 is 7.41. The quantitative estimate of drug-likeness (QED) is 0.271. The molecule has 0 N–H and O–H groups in total. The van der Waals surface area contributed by atoms with Gasteiger partial charge in [-0.3, -0.25) is 0 Å². The lowest BCUT2D eigenvalue weighted by atomic mass is 10.0. The summed E-state index contributed by atoms with van der Waals surface area (Å²) in [5.41, 5.74) is 0. The lowest BCUT2D eigenvalue weighted by molar-refractivity contribution is 1.92. The average Bonchev–Trinajstić information content (AvgIpc) is 3.47. The van der Waals surface area contributed by atoms with Crippen LogP contribution in [0.4, 0.5) is 0 Å². The molecule has 0 aliphatic carbocycles. The second-order valence-electron chi connectivity index (χ2n) is 6.23. The van der Waals surface area contributed by atoms with Crippen molar-refractivity contribution in [2.45, 2.75) is 0 Å². The van der Waals surface area contributed by atoms with E-state index in [2.05, 4.69) is 71.4 Å². The first-order valence-corrected chi connectivity index (χ1v) is 11.7.